The molecule has 0 amide bonds. The lowest BCUT2D eigenvalue weighted by Crippen LogP contribution is -2.40. The molecule has 0 aliphatic heterocycles. The molecule has 2 N–H and O–H groups in total. The fourth-order valence-corrected chi connectivity index (χ4v) is 1.67. The van der Waals surface area contributed by atoms with E-state index in [2.05, 4.69) is 9.97 Å². The predicted octanol–water partition coefficient (Wildman–Crippen LogP) is -0.430. The molecule has 0 fully saturated rings. The quantitative estimate of drug-likeness (QED) is 0.742. The Morgan fingerprint density at radius 2 is 2.06 bits per heavy atom. The first-order valence-corrected chi connectivity index (χ1v) is 5.27. The third-order valence-electron chi connectivity index (χ3n) is 2.72. The number of hydrogen-bond donors (Lipinski definition) is 2. The molecule has 2 aromatic heterocycles. The van der Waals surface area contributed by atoms with Crippen LogP contribution in [0.2, 0.25) is 0 Å². The van der Waals surface area contributed by atoms with E-state index in [1.807, 2.05) is 0 Å². The van der Waals surface area contributed by atoms with Crippen LogP contribution in [-0.4, -0.2) is 24.2 Å². The van der Waals surface area contributed by atoms with Crippen molar-refractivity contribution >= 4 is 11.2 Å². The van der Waals surface area contributed by atoms with Gasteiger partial charge in [-0.15, -0.1) is 0 Å². The molecule has 0 saturated carbocycles. The first-order chi connectivity index (χ1) is 7.95. The highest BCUT2D eigenvalue weighted by Gasteiger charge is 2.20. The molecule has 7 nitrogen and oxygen atoms in total. The molecule has 92 valence electrons. The zero-order valence-electron chi connectivity index (χ0n) is 9.84. The molecular weight excluding hydrogens is 224 g/mol. The number of H-pyrrole nitrogens is 1. The third kappa shape index (κ3) is 1.59. The van der Waals surface area contributed by atoms with Crippen LogP contribution >= 0.6 is 0 Å². The van der Waals surface area contributed by atoms with E-state index in [4.69, 9.17) is 0 Å². The van der Waals surface area contributed by atoms with E-state index in [0.717, 1.165) is 9.13 Å². The summed E-state index contributed by atoms with van der Waals surface area (Å²) in [6, 6.07) is 0. The zero-order chi connectivity index (χ0) is 12.7. The minimum atomic E-state index is -1.01. The number of hydrogen-bond acceptors (Lipinski definition) is 4. The van der Waals surface area contributed by atoms with Gasteiger partial charge in [-0.25, -0.2) is 14.3 Å². The van der Waals surface area contributed by atoms with Crippen molar-refractivity contribution in [3.8, 4) is 0 Å². The fraction of sp³-hybridized carbons (Fsp3) is 0.500. The molecule has 1 unspecified atom stereocenters. The van der Waals surface area contributed by atoms with Crippen molar-refractivity contribution in [1.82, 2.24) is 19.1 Å². The Hall–Kier alpha value is -1.89. The van der Waals surface area contributed by atoms with Gasteiger partial charge < -0.3 is 10.1 Å². The standard InChI is InChI=1S/C10H14N4O3/c1-5(2)8(15)14-7-6(11-4-12-7)9(16)13(3)10(14)17/h4-5,8,15H,1-3H3,(H,11,12). The van der Waals surface area contributed by atoms with Crippen LogP contribution in [0, 0.1) is 5.92 Å². The van der Waals surface area contributed by atoms with Crippen molar-refractivity contribution < 1.29 is 5.11 Å². The van der Waals surface area contributed by atoms with Crippen LogP contribution in [0.3, 0.4) is 0 Å². The smallest absolute Gasteiger partial charge is 0.334 e. The second kappa shape index (κ2) is 3.85. The molecule has 0 aliphatic carbocycles. The first kappa shape index (κ1) is 11.6. The number of aliphatic hydroxyl groups excluding tert-OH is 1. The van der Waals surface area contributed by atoms with Crippen LogP contribution in [0.4, 0.5) is 0 Å². The minimum absolute atomic E-state index is 0.162. The number of aromatic amines is 1. The van der Waals surface area contributed by atoms with Crippen LogP contribution in [0.15, 0.2) is 15.9 Å². The first-order valence-electron chi connectivity index (χ1n) is 5.27. The number of nitrogens with one attached hydrogen (secondary N) is 1. The van der Waals surface area contributed by atoms with Crippen molar-refractivity contribution in [2.24, 2.45) is 13.0 Å². The Labute approximate surface area is 96.3 Å². The summed E-state index contributed by atoms with van der Waals surface area (Å²) in [4.78, 5) is 30.3. The number of rotatable bonds is 2. The fourth-order valence-electron chi connectivity index (χ4n) is 1.67. The van der Waals surface area contributed by atoms with Crippen LogP contribution in [0.5, 0.6) is 0 Å². The topological polar surface area (TPSA) is 92.9 Å². The molecule has 0 radical (unpaired) electrons. The summed E-state index contributed by atoms with van der Waals surface area (Å²) < 4.78 is 2.07. The second-order valence-electron chi connectivity index (χ2n) is 4.28. The van der Waals surface area contributed by atoms with Crippen molar-refractivity contribution in [3.63, 3.8) is 0 Å². The predicted molar refractivity (Wildman–Crippen MR) is 61.7 cm³/mol. The lowest BCUT2D eigenvalue weighted by Gasteiger charge is -2.18. The Morgan fingerprint density at radius 1 is 1.41 bits per heavy atom. The van der Waals surface area contributed by atoms with E-state index in [0.29, 0.717) is 0 Å². The van der Waals surface area contributed by atoms with Crippen molar-refractivity contribution in [1.29, 1.82) is 0 Å². The van der Waals surface area contributed by atoms with Gasteiger partial charge in [0, 0.05) is 7.05 Å². The van der Waals surface area contributed by atoms with Gasteiger partial charge in [0.2, 0.25) is 0 Å². The Kier molecular flexibility index (Phi) is 2.62. The average Bonchev–Trinajstić information content (AvgIpc) is 2.74. The van der Waals surface area contributed by atoms with Gasteiger partial charge in [0.05, 0.1) is 6.33 Å². The summed E-state index contributed by atoms with van der Waals surface area (Å²) in [5, 5.41) is 10.0. The monoisotopic (exact) mass is 238 g/mol. The van der Waals surface area contributed by atoms with E-state index in [9.17, 15) is 14.7 Å². The summed E-state index contributed by atoms with van der Waals surface area (Å²) in [6.07, 6.45) is 0.315. The molecule has 2 rings (SSSR count). The molecule has 2 aromatic rings. The molecular formula is C10H14N4O3. The Morgan fingerprint density at radius 3 is 2.65 bits per heavy atom. The van der Waals surface area contributed by atoms with Crippen molar-refractivity contribution in [2.45, 2.75) is 20.1 Å². The summed E-state index contributed by atoms with van der Waals surface area (Å²) in [5.41, 5.74) is -0.628. The highest BCUT2D eigenvalue weighted by atomic mass is 16.3. The summed E-state index contributed by atoms with van der Waals surface area (Å²) in [6.45, 7) is 3.56. The van der Waals surface area contributed by atoms with Gasteiger partial charge in [0.25, 0.3) is 5.56 Å². The SMILES string of the molecule is CC(C)C(O)n1c(=O)n(C)c(=O)c2[nH]cnc21. The molecule has 0 aliphatic rings. The molecule has 0 bridgehead atoms. The molecule has 7 heteroatoms. The maximum absolute atomic E-state index is 12.0. The second-order valence-corrected chi connectivity index (χ2v) is 4.28. The lowest BCUT2D eigenvalue weighted by molar-refractivity contribution is 0.0549. The van der Waals surface area contributed by atoms with Crippen LogP contribution in [-0.2, 0) is 7.05 Å². The van der Waals surface area contributed by atoms with E-state index in [-0.39, 0.29) is 17.1 Å². The molecule has 0 saturated heterocycles. The zero-order valence-corrected chi connectivity index (χ0v) is 9.84. The number of aromatic nitrogens is 4. The molecule has 2 heterocycles. The molecule has 0 aromatic carbocycles. The highest BCUT2D eigenvalue weighted by Crippen LogP contribution is 2.14. The molecule has 1 atom stereocenters. The lowest BCUT2D eigenvalue weighted by atomic mass is 10.2. The third-order valence-corrected chi connectivity index (χ3v) is 2.72. The van der Waals surface area contributed by atoms with Crippen molar-refractivity contribution in [2.75, 3.05) is 0 Å². The van der Waals surface area contributed by atoms with E-state index >= 15 is 0 Å². The maximum atomic E-state index is 12.0. The molecule has 17 heavy (non-hydrogen) atoms. The number of fused-ring (bicyclic) bond motifs is 1. The summed E-state index contributed by atoms with van der Waals surface area (Å²) in [5.74, 6) is -0.162. The van der Waals surface area contributed by atoms with Gasteiger partial charge >= 0.3 is 5.69 Å². The van der Waals surface area contributed by atoms with E-state index in [1.165, 1.54) is 13.4 Å². The van der Waals surface area contributed by atoms with Crippen LogP contribution < -0.4 is 11.2 Å². The van der Waals surface area contributed by atoms with Gasteiger partial charge in [-0.2, -0.15) is 0 Å². The maximum Gasteiger partial charge on any atom is 0.334 e. The van der Waals surface area contributed by atoms with Gasteiger partial charge in [0.1, 0.15) is 11.7 Å². The Balaban J connectivity index is 2.92. The Bertz CT molecular complexity index is 664. The van der Waals surface area contributed by atoms with Gasteiger partial charge in [-0.3, -0.25) is 9.36 Å². The number of imidazole rings is 1. The normalized spacial score (nSPS) is 13.5. The van der Waals surface area contributed by atoms with Crippen molar-refractivity contribution in [3.05, 3.63) is 27.2 Å². The van der Waals surface area contributed by atoms with Crippen LogP contribution in [0.25, 0.3) is 11.2 Å². The number of nitrogens with zero attached hydrogens (tertiary/aromatic N) is 3. The van der Waals surface area contributed by atoms with Crippen LogP contribution in [0.1, 0.15) is 20.1 Å². The summed E-state index contributed by atoms with van der Waals surface area (Å²) >= 11 is 0. The minimum Gasteiger partial charge on any atom is -0.373 e. The summed E-state index contributed by atoms with van der Waals surface area (Å²) in [7, 11) is 1.37. The van der Waals surface area contributed by atoms with Gasteiger partial charge in [-0.1, -0.05) is 13.8 Å². The number of aliphatic hydroxyl groups is 1. The van der Waals surface area contributed by atoms with E-state index < -0.39 is 17.5 Å². The molecule has 0 spiro atoms. The van der Waals surface area contributed by atoms with Gasteiger partial charge in [0.15, 0.2) is 5.65 Å². The van der Waals surface area contributed by atoms with Gasteiger partial charge in [-0.05, 0) is 5.92 Å². The largest absolute Gasteiger partial charge is 0.373 e. The van der Waals surface area contributed by atoms with E-state index in [1.54, 1.807) is 13.8 Å². The highest BCUT2D eigenvalue weighted by molar-refractivity contribution is 5.68. The average molecular weight is 238 g/mol.